The number of ketones is 1. The number of nitrogens with one attached hydrogen (secondary N) is 2. The van der Waals surface area contributed by atoms with E-state index in [9.17, 15) is 9.59 Å². The third-order valence-electron chi connectivity index (χ3n) is 3.19. The topological polar surface area (TPSA) is 92.7 Å². The molecule has 0 saturated carbocycles. The number of aromatic nitrogens is 1. The van der Waals surface area contributed by atoms with Gasteiger partial charge in [0.1, 0.15) is 5.82 Å². The maximum absolute atomic E-state index is 11.9. The van der Waals surface area contributed by atoms with Crippen LogP contribution in [0, 0.1) is 0 Å². The molecule has 0 aliphatic rings. The lowest BCUT2D eigenvalue weighted by Gasteiger charge is -2.06. The van der Waals surface area contributed by atoms with Gasteiger partial charge in [0, 0.05) is 24.4 Å². The Kier molecular flexibility index (Phi) is 7.08. The Balaban J connectivity index is 1.93. The van der Waals surface area contributed by atoms with E-state index < -0.39 is 0 Å². The highest BCUT2D eigenvalue weighted by atomic mass is 127. The second-order valence-corrected chi connectivity index (χ2v) is 6.14. The highest BCUT2D eigenvalue weighted by Gasteiger charge is 2.14. The number of carbonyl (C=O) groups excluding carboxylic acids is 2. The van der Waals surface area contributed by atoms with E-state index in [-0.39, 0.29) is 16.6 Å². The predicted molar refractivity (Wildman–Crippen MR) is 106 cm³/mol. The monoisotopic (exact) mass is 450 g/mol. The smallest absolute Gasteiger partial charge is 0.411 e. The van der Waals surface area contributed by atoms with E-state index in [4.69, 9.17) is 4.65 Å². The first-order chi connectivity index (χ1) is 12.0. The summed E-state index contributed by atoms with van der Waals surface area (Å²) in [6.07, 6.45) is 3.10. The number of carbonyl (C=O) groups is 2. The van der Waals surface area contributed by atoms with Gasteiger partial charge in [0.2, 0.25) is 5.91 Å². The molecule has 7 nitrogen and oxygen atoms in total. The van der Waals surface area contributed by atoms with Crippen LogP contribution in [0.15, 0.2) is 47.7 Å². The SMILES string of the molecule is COB(I)NC(=O)c1ccc(/C=N/Nc2ccc(C(C)=O)cn2)cc1. The molecule has 1 aromatic heterocycles. The van der Waals surface area contributed by atoms with Crippen LogP contribution in [0.2, 0.25) is 0 Å². The molecule has 2 N–H and O–H groups in total. The van der Waals surface area contributed by atoms with E-state index in [1.165, 1.54) is 20.2 Å². The van der Waals surface area contributed by atoms with Crippen LogP contribution in [-0.4, -0.2) is 34.9 Å². The second-order valence-electron chi connectivity index (χ2n) is 5.01. The average Bonchev–Trinajstić information content (AvgIpc) is 2.62. The molecule has 1 amide bonds. The zero-order valence-corrected chi connectivity index (χ0v) is 15.9. The van der Waals surface area contributed by atoms with Crippen LogP contribution in [-0.2, 0) is 4.65 Å². The van der Waals surface area contributed by atoms with Crippen LogP contribution < -0.4 is 10.7 Å². The third kappa shape index (κ3) is 5.94. The van der Waals surface area contributed by atoms with Gasteiger partial charge in [-0.2, -0.15) is 5.10 Å². The number of halogens is 1. The minimum absolute atomic E-state index is 0.0361. The number of pyridine rings is 1. The van der Waals surface area contributed by atoms with E-state index in [1.54, 1.807) is 42.6 Å². The number of rotatable bonds is 7. The van der Waals surface area contributed by atoms with Gasteiger partial charge in [-0.1, -0.05) is 34.5 Å². The number of benzene rings is 1. The predicted octanol–water partition coefficient (Wildman–Crippen LogP) is 2.53. The van der Waals surface area contributed by atoms with E-state index >= 15 is 0 Å². The van der Waals surface area contributed by atoms with Gasteiger partial charge in [-0.3, -0.25) is 15.0 Å². The molecule has 1 heterocycles. The number of hydrogen-bond acceptors (Lipinski definition) is 6. The summed E-state index contributed by atoms with van der Waals surface area (Å²) in [6.45, 7) is 1.49. The van der Waals surface area contributed by atoms with Gasteiger partial charge in [-0.05, 0) is 36.8 Å². The Hall–Kier alpha value is -2.27. The molecule has 0 unspecified atom stereocenters. The Morgan fingerprint density at radius 3 is 2.44 bits per heavy atom. The van der Waals surface area contributed by atoms with Gasteiger partial charge >= 0.3 is 4.91 Å². The largest absolute Gasteiger partial charge is 0.489 e. The highest BCUT2D eigenvalue weighted by Crippen LogP contribution is 2.07. The van der Waals surface area contributed by atoms with Crippen molar-refractivity contribution < 1.29 is 14.2 Å². The first-order valence-electron chi connectivity index (χ1n) is 7.33. The van der Waals surface area contributed by atoms with Crippen molar-refractivity contribution in [3.63, 3.8) is 0 Å². The molecule has 0 bridgehead atoms. The van der Waals surface area contributed by atoms with E-state index in [1.807, 2.05) is 22.4 Å². The summed E-state index contributed by atoms with van der Waals surface area (Å²) < 4.78 is 4.98. The Morgan fingerprint density at radius 2 is 1.88 bits per heavy atom. The molecule has 1 aromatic carbocycles. The molecule has 2 rings (SSSR count). The molecule has 0 aliphatic carbocycles. The first kappa shape index (κ1) is 19.1. The van der Waals surface area contributed by atoms with Gasteiger partial charge < -0.3 is 9.88 Å². The quantitative estimate of drug-likeness (QED) is 0.223. The third-order valence-corrected chi connectivity index (χ3v) is 4.01. The van der Waals surface area contributed by atoms with Crippen molar-refractivity contribution in [2.45, 2.75) is 6.92 Å². The molecular formula is C16H16BIN4O3. The van der Waals surface area contributed by atoms with Gasteiger partial charge in [0.15, 0.2) is 5.78 Å². The van der Waals surface area contributed by atoms with Crippen molar-refractivity contribution >= 4 is 51.0 Å². The lowest BCUT2D eigenvalue weighted by atomic mass is 10.1. The van der Waals surface area contributed by atoms with Crippen LogP contribution in [0.1, 0.15) is 33.2 Å². The van der Waals surface area contributed by atoms with Gasteiger partial charge in [-0.15, -0.1) is 0 Å². The van der Waals surface area contributed by atoms with Crippen LogP contribution >= 0.6 is 22.4 Å². The first-order valence-corrected chi connectivity index (χ1v) is 8.58. The van der Waals surface area contributed by atoms with Crippen LogP contribution in [0.4, 0.5) is 5.82 Å². The molecule has 0 spiro atoms. The normalized spacial score (nSPS) is 10.5. The zero-order chi connectivity index (χ0) is 18.2. The maximum atomic E-state index is 11.9. The number of hydrogen-bond donors (Lipinski definition) is 2. The van der Waals surface area contributed by atoms with Crippen molar-refractivity contribution in [3.8, 4) is 0 Å². The zero-order valence-electron chi connectivity index (χ0n) is 13.7. The fourth-order valence-corrected chi connectivity index (χ4v) is 2.09. The molecule has 9 heteroatoms. The summed E-state index contributed by atoms with van der Waals surface area (Å²) in [5, 5.41) is 6.77. The number of anilines is 1. The minimum atomic E-state index is -0.377. The molecule has 0 saturated heterocycles. The average molecular weight is 450 g/mol. The number of Topliss-reactive ketones (excluding diaryl/α,β-unsaturated/α-hetero) is 1. The molecule has 0 radical (unpaired) electrons. The highest BCUT2D eigenvalue weighted by molar-refractivity contribution is 14.1. The minimum Gasteiger partial charge on any atom is -0.411 e. The molecule has 0 fully saturated rings. The molecule has 25 heavy (non-hydrogen) atoms. The van der Waals surface area contributed by atoms with E-state index in [0.29, 0.717) is 16.9 Å². The van der Waals surface area contributed by atoms with Crippen LogP contribution in [0.5, 0.6) is 0 Å². The summed E-state index contributed by atoms with van der Waals surface area (Å²) in [4.78, 5) is 26.8. The van der Waals surface area contributed by atoms with Gasteiger partial charge in [0.25, 0.3) is 0 Å². The van der Waals surface area contributed by atoms with Crippen molar-refractivity contribution in [3.05, 3.63) is 59.3 Å². The van der Waals surface area contributed by atoms with Crippen molar-refractivity contribution in [2.75, 3.05) is 12.5 Å². The summed E-state index contributed by atoms with van der Waals surface area (Å²) >= 11 is 1.98. The lowest BCUT2D eigenvalue weighted by molar-refractivity contribution is 0.0973. The Labute approximate surface area is 159 Å². The standard InChI is InChI=1S/C16H16BIN4O3/c1-11(23)14-7-8-15(19-10-14)22-20-9-12-3-5-13(6-4-12)16(24)21-17(18)25-2/h3-10H,1-2H3,(H,19,22)(H,21,24)/b20-9+. The van der Waals surface area contributed by atoms with Gasteiger partial charge in [-0.25, -0.2) is 4.98 Å². The Bertz CT molecular complexity index is 766. The summed E-state index contributed by atoms with van der Waals surface area (Å²) in [6, 6.07) is 10.3. The molecule has 128 valence electrons. The second kappa shape index (κ2) is 9.28. The maximum Gasteiger partial charge on any atom is 0.489 e. The molecular weight excluding hydrogens is 434 g/mol. The number of amides is 1. The molecule has 0 atom stereocenters. The summed E-state index contributed by atoms with van der Waals surface area (Å²) in [7, 11) is 1.52. The summed E-state index contributed by atoms with van der Waals surface area (Å²) in [5.74, 6) is 0.286. The molecule has 0 aliphatic heterocycles. The Morgan fingerprint density at radius 1 is 1.20 bits per heavy atom. The number of nitrogens with zero attached hydrogens (tertiary/aromatic N) is 2. The summed E-state index contributed by atoms with van der Waals surface area (Å²) in [5.41, 5.74) is 4.68. The van der Waals surface area contributed by atoms with Crippen molar-refractivity contribution in [1.82, 2.24) is 10.2 Å². The molecule has 2 aromatic rings. The van der Waals surface area contributed by atoms with E-state index in [2.05, 4.69) is 20.7 Å². The fraction of sp³-hybridized carbons (Fsp3) is 0.125. The van der Waals surface area contributed by atoms with Gasteiger partial charge in [0.05, 0.1) is 6.21 Å². The van der Waals surface area contributed by atoms with Crippen molar-refractivity contribution in [1.29, 1.82) is 0 Å². The lowest BCUT2D eigenvalue weighted by Crippen LogP contribution is -2.35. The van der Waals surface area contributed by atoms with Crippen LogP contribution in [0.3, 0.4) is 0 Å². The van der Waals surface area contributed by atoms with Crippen molar-refractivity contribution in [2.24, 2.45) is 5.10 Å². The number of hydrazone groups is 1. The fourth-order valence-electron chi connectivity index (χ4n) is 1.81. The van der Waals surface area contributed by atoms with Crippen LogP contribution in [0.25, 0.3) is 0 Å². The van der Waals surface area contributed by atoms with E-state index in [0.717, 1.165) is 5.56 Å².